The van der Waals surface area contributed by atoms with Crippen molar-refractivity contribution >= 4 is 5.97 Å². The highest BCUT2D eigenvalue weighted by Crippen LogP contribution is 2.41. The van der Waals surface area contributed by atoms with Crippen LogP contribution in [0.2, 0.25) is 0 Å². The van der Waals surface area contributed by atoms with Gasteiger partial charge in [-0.1, -0.05) is 12.8 Å². The van der Waals surface area contributed by atoms with Crippen molar-refractivity contribution in [3.05, 3.63) is 0 Å². The first-order chi connectivity index (χ1) is 9.15. The molecule has 5 nitrogen and oxygen atoms in total. The summed E-state index contributed by atoms with van der Waals surface area (Å²) in [5.41, 5.74) is 0.0345. The molecule has 0 aromatic carbocycles. The second kappa shape index (κ2) is 6.68. The molecule has 1 N–H and O–H groups in total. The smallest absolute Gasteiger partial charge is 0.317 e. The number of hydrogen-bond acceptors (Lipinski definition) is 4. The molecule has 1 spiro atoms. The van der Waals surface area contributed by atoms with Crippen molar-refractivity contribution in [1.82, 2.24) is 4.90 Å². The van der Waals surface area contributed by atoms with Gasteiger partial charge in [-0.3, -0.25) is 9.69 Å². The van der Waals surface area contributed by atoms with Crippen LogP contribution in [0.25, 0.3) is 0 Å². The Kier molecular flexibility index (Phi) is 5.19. The molecule has 1 heterocycles. The van der Waals surface area contributed by atoms with E-state index < -0.39 is 5.97 Å². The van der Waals surface area contributed by atoms with Crippen LogP contribution in [0.1, 0.15) is 38.5 Å². The molecule has 1 unspecified atom stereocenters. The van der Waals surface area contributed by atoms with E-state index in [1.54, 1.807) is 7.11 Å². The first-order valence-corrected chi connectivity index (χ1v) is 7.24. The van der Waals surface area contributed by atoms with Gasteiger partial charge in [-0.25, -0.2) is 0 Å². The summed E-state index contributed by atoms with van der Waals surface area (Å²) in [5, 5.41) is 9.06. The number of ether oxygens (including phenoxy) is 2. The van der Waals surface area contributed by atoms with E-state index in [4.69, 9.17) is 14.6 Å². The summed E-state index contributed by atoms with van der Waals surface area (Å²) in [6.07, 6.45) is 6.65. The number of methoxy groups -OCH3 is 1. The van der Waals surface area contributed by atoms with Gasteiger partial charge >= 0.3 is 5.97 Å². The Balaban J connectivity index is 1.96. The number of aliphatic carboxylic acids is 1. The Morgan fingerprint density at radius 3 is 2.84 bits per heavy atom. The maximum Gasteiger partial charge on any atom is 0.317 e. The van der Waals surface area contributed by atoms with E-state index in [1.807, 2.05) is 0 Å². The molecule has 5 heteroatoms. The zero-order valence-electron chi connectivity index (χ0n) is 11.8. The topological polar surface area (TPSA) is 59.0 Å². The zero-order chi connectivity index (χ0) is 13.7. The molecular formula is C14H25NO4. The van der Waals surface area contributed by atoms with Crippen LogP contribution in [0, 0.1) is 0 Å². The second-order valence-electron chi connectivity index (χ2n) is 5.74. The molecule has 1 saturated heterocycles. The summed E-state index contributed by atoms with van der Waals surface area (Å²) in [5.74, 6) is -0.761. The molecule has 2 fully saturated rings. The van der Waals surface area contributed by atoms with Crippen LogP contribution in [0.5, 0.6) is 0 Å². The Labute approximate surface area is 114 Å². The molecule has 0 aromatic heterocycles. The van der Waals surface area contributed by atoms with Gasteiger partial charge in [-0.05, 0) is 25.7 Å². The summed E-state index contributed by atoms with van der Waals surface area (Å²) < 4.78 is 11.1. The van der Waals surface area contributed by atoms with Gasteiger partial charge in [0, 0.05) is 26.3 Å². The minimum Gasteiger partial charge on any atom is -0.480 e. The molecule has 1 aliphatic heterocycles. The van der Waals surface area contributed by atoms with Gasteiger partial charge in [0.25, 0.3) is 0 Å². The van der Waals surface area contributed by atoms with Crippen molar-refractivity contribution in [1.29, 1.82) is 0 Å². The van der Waals surface area contributed by atoms with Crippen LogP contribution in [-0.4, -0.2) is 61.0 Å². The lowest BCUT2D eigenvalue weighted by atomic mass is 9.88. The zero-order valence-corrected chi connectivity index (χ0v) is 11.8. The van der Waals surface area contributed by atoms with Crippen LogP contribution < -0.4 is 0 Å². The van der Waals surface area contributed by atoms with Gasteiger partial charge < -0.3 is 14.6 Å². The Morgan fingerprint density at radius 1 is 1.47 bits per heavy atom. The van der Waals surface area contributed by atoms with Crippen LogP contribution in [-0.2, 0) is 14.3 Å². The maximum absolute atomic E-state index is 11.0. The van der Waals surface area contributed by atoms with E-state index in [1.165, 1.54) is 12.8 Å². The lowest BCUT2D eigenvalue weighted by Crippen LogP contribution is -2.49. The van der Waals surface area contributed by atoms with E-state index in [0.717, 1.165) is 32.3 Å². The Bertz CT molecular complexity index is 302. The summed E-state index contributed by atoms with van der Waals surface area (Å²) in [6.45, 7) is 2.12. The van der Waals surface area contributed by atoms with Gasteiger partial charge in [0.2, 0.25) is 0 Å². The molecule has 0 aromatic rings. The standard InChI is InChI=1S/C14H25NO4/c1-18-9-7-15(11-13(16)17)12-4-8-19-14(10-12)5-2-3-6-14/h12H,2-11H2,1H3,(H,16,17). The van der Waals surface area contributed by atoms with Crippen molar-refractivity contribution in [3.8, 4) is 0 Å². The minimum atomic E-state index is -0.761. The lowest BCUT2D eigenvalue weighted by molar-refractivity contribution is -0.142. The first-order valence-electron chi connectivity index (χ1n) is 7.24. The Hall–Kier alpha value is -0.650. The highest BCUT2D eigenvalue weighted by molar-refractivity contribution is 5.69. The number of rotatable bonds is 6. The van der Waals surface area contributed by atoms with E-state index in [0.29, 0.717) is 19.2 Å². The fourth-order valence-corrected chi connectivity index (χ4v) is 3.45. The fourth-order valence-electron chi connectivity index (χ4n) is 3.45. The van der Waals surface area contributed by atoms with Crippen molar-refractivity contribution < 1.29 is 19.4 Å². The van der Waals surface area contributed by atoms with Crippen LogP contribution in [0.4, 0.5) is 0 Å². The SMILES string of the molecule is COCCN(CC(=O)O)C1CCOC2(CCCC2)C1. The lowest BCUT2D eigenvalue weighted by Gasteiger charge is -2.42. The van der Waals surface area contributed by atoms with Crippen molar-refractivity contribution in [2.24, 2.45) is 0 Å². The molecule has 0 radical (unpaired) electrons. The average Bonchev–Trinajstić information content (AvgIpc) is 2.82. The van der Waals surface area contributed by atoms with Gasteiger partial charge in [0.05, 0.1) is 18.8 Å². The third-order valence-electron chi connectivity index (χ3n) is 4.42. The second-order valence-corrected chi connectivity index (χ2v) is 5.74. The molecule has 1 atom stereocenters. The molecular weight excluding hydrogens is 246 g/mol. The minimum absolute atomic E-state index is 0.0345. The van der Waals surface area contributed by atoms with E-state index in [-0.39, 0.29) is 12.1 Å². The highest BCUT2D eigenvalue weighted by atomic mass is 16.5. The highest BCUT2D eigenvalue weighted by Gasteiger charge is 2.41. The molecule has 1 saturated carbocycles. The van der Waals surface area contributed by atoms with Crippen molar-refractivity contribution in [2.45, 2.75) is 50.2 Å². The predicted octanol–water partition coefficient (Wildman–Crippen LogP) is 1.51. The summed E-state index contributed by atoms with van der Waals surface area (Å²) in [4.78, 5) is 13.1. The van der Waals surface area contributed by atoms with Crippen molar-refractivity contribution in [2.75, 3.05) is 33.4 Å². The first kappa shape index (κ1) is 14.8. The van der Waals surface area contributed by atoms with Crippen LogP contribution in [0.15, 0.2) is 0 Å². The van der Waals surface area contributed by atoms with E-state index in [2.05, 4.69) is 4.90 Å². The predicted molar refractivity (Wildman–Crippen MR) is 71.3 cm³/mol. The third kappa shape index (κ3) is 3.91. The van der Waals surface area contributed by atoms with Gasteiger partial charge in [-0.15, -0.1) is 0 Å². The van der Waals surface area contributed by atoms with Gasteiger partial charge in [-0.2, -0.15) is 0 Å². The van der Waals surface area contributed by atoms with Gasteiger partial charge in [0.1, 0.15) is 0 Å². The molecule has 19 heavy (non-hydrogen) atoms. The third-order valence-corrected chi connectivity index (χ3v) is 4.42. The molecule has 0 bridgehead atoms. The number of nitrogens with zero attached hydrogens (tertiary/aromatic N) is 1. The Morgan fingerprint density at radius 2 is 2.21 bits per heavy atom. The van der Waals surface area contributed by atoms with Gasteiger partial charge in [0.15, 0.2) is 0 Å². The summed E-state index contributed by atoms with van der Waals surface area (Å²) in [6, 6.07) is 0.318. The summed E-state index contributed by atoms with van der Waals surface area (Å²) in [7, 11) is 1.65. The van der Waals surface area contributed by atoms with E-state index >= 15 is 0 Å². The molecule has 2 aliphatic rings. The number of carboxylic acids is 1. The average molecular weight is 271 g/mol. The molecule has 1 aliphatic carbocycles. The molecule has 2 rings (SSSR count). The number of carbonyl (C=O) groups is 1. The largest absolute Gasteiger partial charge is 0.480 e. The monoisotopic (exact) mass is 271 g/mol. The van der Waals surface area contributed by atoms with Crippen LogP contribution >= 0.6 is 0 Å². The normalized spacial score (nSPS) is 26.1. The number of carboxylic acid groups (broad SMARTS) is 1. The quantitative estimate of drug-likeness (QED) is 0.793. The molecule has 0 amide bonds. The fraction of sp³-hybridized carbons (Fsp3) is 0.929. The van der Waals surface area contributed by atoms with Crippen LogP contribution in [0.3, 0.4) is 0 Å². The maximum atomic E-state index is 11.0. The summed E-state index contributed by atoms with van der Waals surface area (Å²) >= 11 is 0. The molecule has 110 valence electrons. The number of hydrogen-bond donors (Lipinski definition) is 1. The van der Waals surface area contributed by atoms with E-state index in [9.17, 15) is 4.79 Å². The van der Waals surface area contributed by atoms with Crippen molar-refractivity contribution in [3.63, 3.8) is 0 Å².